The molecular formula is C15H20N2O4. The summed E-state index contributed by atoms with van der Waals surface area (Å²) in [6, 6.07) is 7.02. The Morgan fingerprint density at radius 3 is 2.67 bits per heavy atom. The van der Waals surface area contributed by atoms with Gasteiger partial charge in [0.1, 0.15) is 0 Å². The maximum absolute atomic E-state index is 11.9. The van der Waals surface area contributed by atoms with Crippen LogP contribution in [-0.2, 0) is 9.53 Å². The fourth-order valence-corrected chi connectivity index (χ4v) is 2.36. The van der Waals surface area contributed by atoms with Gasteiger partial charge in [-0.3, -0.25) is 0 Å². The van der Waals surface area contributed by atoms with E-state index in [-0.39, 0.29) is 5.60 Å². The highest BCUT2D eigenvalue weighted by atomic mass is 16.5. The van der Waals surface area contributed by atoms with Crippen LogP contribution in [0.1, 0.15) is 31.4 Å². The van der Waals surface area contributed by atoms with Crippen LogP contribution in [0.3, 0.4) is 0 Å². The molecule has 6 nitrogen and oxygen atoms in total. The van der Waals surface area contributed by atoms with E-state index in [1.807, 2.05) is 6.92 Å². The quantitative estimate of drug-likeness (QED) is 0.770. The van der Waals surface area contributed by atoms with E-state index in [1.54, 1.807) is 30.3 Å². The lowest BCUT2D eigenvalue weighted by Crippen LogP contribution is -2.46. The van der Waals surface area contributed by atoms with Crippen LogP contribution in [0.15, 0.2) is 30.3 Å². The van der Waals surface area contributed by atoms with E-state index in [1.165, 1.54) is 0 Å². The zero-order chi connectivity index (χ0) is 15.3. The molecule has 1 fully saturated rings. The minimum absolute atomic E-state index is 0.358. The van der Waals surface area contributed by atoms with Crippen LogP contribution in [0.2, 0.25) is 0 Å². The van der Waals surface area contributed by atoms with Crippen LogP contribution in [0, 0.1) is 0 Å². The van der Waals surface area contributed by atoms with Crippen molar-refractivity contribution in [3.05, 3.63) is 35.9 Å². The minimum atomic E-state index is -1.10. The highest BCUT2D eigenvalue weighted by Gasteiger charge is 2.30. The van der Waals surface area contributed by atoms with Gasteiger partial charge in [0, 0.05) is 13.2 Å². The van der Waals surface area contributed by atoms with E-state index in [9.17, 15) is 14.7 Å². The summed E-state index contributed by atoms with van der Waals surface area (Å²) in [6.07, 6.45) is 1.86. The summed E-state index contributed by atoms with van der Waals surface area (Å²) in [7, 11) is 0. The zero-order valence-electron chi connectivity index (χ0n) is 12.0. The van der Waals surface area contributed by atoms with Gasteiger partial charge < -0.3 is 20.5 Å². The Morgan fingerprint density at radius 2 is 2.10 bits per heavy atom. The molecule has 114 valence electrons. The van der Waals surface area contributed by atoms with Crippen LogP contribution in [0.5, 0.6) is 0 Å². The van der Waals surface area contributed by atoms with Crippen LogP contribution >= 0.6 is 0 Å². The van der Waals surface area contributed by atoms with E-state index in [0.29, 0.717) is 18.7 Å². The molecule has 0 saturated carbocycles. The van der Waals surface area contributed by atoms with Gasteiger partial charge in [-0.05, 0) is 25.3 Å². The number of benzene rings is 1. The number of aliphatic carboxylic acids is 1. The average molecular weight is 292 g/mol. The SMILES string of the molecule is CC1(CNC(=O)N[C@H](C(=O)O)c2ccccc2)CCCO1. The molecule has 1 heterocycles. The number of hydrogen-bond acceptors (Lipinski definition) is 3. The first kappa shape index (κ1) is 15.3. The van der Waals surface area contributed by atoms with Gasteiger partial charge >= 0.3 is 12.0 Å². The summed E-state index contributed by atoms with van der Waals surface area (Å²) < 4.78 is 5.57. The molecule has 21 heavy (non-hydrogen) atoms. The number of carboxylic acid groups (broad SMARTS) is 1. The van der Waals surface area contributed by atoms with Crippen molar-refractivity contribution >= 4 is 12.0 Å². The van der Waals surface area contributed by atoms with Crippen molar-refractivity contribution in [2.75, 3.05) is 13.2 Å². The van der Waals surface area contributed by atoms with Gasteiger partial charge in [0.25, 0.3) is 0 Å². The van der Waals surface area contributed by atoms with Gasteiger partial charge in [-0.25, -0.2) is 9.59 Å². The third-order valence-corrected chi connectivity index (χ3v) is 3.58. The molecule has 0 bridgehead atoms. The number of urea groups is 1. The molecule has 1 unspecified atom stereocenters. The van der Waals surface area contributed by atoms with E-state index < -0.39 is 18.0 Å². The van der Waals surface area contributed by atoms with Crippen LogP contribution in [0.4, 0.5) is 4.79 Å². The molecule has 1 aromatic rings. The molecule has 2 amide bonds. The molecule has 1 saturated heterocycles. The molecular weight excluding hydrogens is 272 g/mol. The van der Waals surface area contributed by atoms with Crippen molar-refractivity contribution in [3.63, 3.8) is 0 Å². The zero-order valence-corrected chi connectivity index (χ0v) is 12.0. The minimum Gasteiger partial charge on any atom is -0.479 e. The van der Waals surface area contributed by atoms with Gasteiger partial charge in [-0.2, -0.15) is 0 Å². The summed E-state index contributed by atoms with van der Waals surface area (Å²) in [6.45, 7) is 2.99. The Kier molecular flexibility index (Phi) is 4.80. The van der Waals surface area contributed by atoms with Gasteiger partial charge in [0.05, 0.1) is 5.60 Å². The average Bonchev–Trinajstić information content (AvgIpc) is 2.90. The number of nitrogens with one attached hydrogen (secondary N) is 2. The van der Waals surface area contributed by atoms with Crippen molar-refractivity contribution in [1.82, 2.24) is 10.6 Å². The maximum Gasteiger partial charge on any atom is 0.330 e. The molecule has 2 atom stereocenters. The number of rotatable bonds is 5. The highest BCUT2D eigenvalue weighted by Crippen LogP contribution is 2.23. The van der Waals surface area contributed by atoms with E-state index >= 15 is 0 Å². The number of carbonyl (C=O) groups is 2. The summed E-state index contributed by atoms with van der Waals surface area (Å²) in [4.78, 5) is 23.2. The highest BCUT2D eigenvalue weighted by molar-refractivity contribution is 5.83. The second-order valence-electron chi connectivity index (χ2n) is 5.41. The van der Waals surface area contributed by atoms with E-state index in [4.69, 9.17) is 4.74 Å². The Morgan fingerprint density at radius 1 is 1.38 bits per heavy atom. The van der Waals surface area contributed by atoms with Crippen molar-refractivity contribution in [3.8, 4) is 0 Å². The third kappa shape index (κ3) is 4.19. The Labute approximate surface area is 123 Å². The first-order valence-corrected chi connectivity index (χ1v) is 6.96. The maximum atomic E-state index is 11.9. The number of ether oxygens (including phenoxy) is 1. The van der Waals surface area contributed by atoms with Crippen molar-refractivity contribution in [2.45, 2.75) is 31.4 Å². The smallest absolute Gasteiger partial charge is 0.330 e. The largest absolute Gasteiger partial charge is 0.479 e. The Hall–Kier alpha value is -2.08. The molecule has 2 rings (SSSR count). The molecule has 0 radical (unpaired) electrons. The predicted molar refractivity (Wildman–Crippen MR) is 76.9 cm³/mol. The number of carbonyl (C=O) groups excluding carboxylic acids is 1. The van der Waals surface area contributed by atoms with Crippen molar-refractivity contribution in [2.24, 2.45) is 0 Å². The van der Waals surface area contributed by atoms with Crippen molar-refractivity contribution in [1.29, 1.82) is 0 Å². The molecule has 1 aliphatic rings. The van der Waals surface area contributed by atoms with Crippen LogP contribution in [-0.4, -0.2) is 35.9 Å². The molecule has 6 heteroatoms. The summed E-state index contributed by atoms with van der Waals surface area (Å²) in [5.74, 6) is -1.10. The van der Waals surface area contributed by atoms with Gasteiger partial charge in [-0.1, -0.05) is 30.3 Å². The lowest BCUT2D eigenvalue weighted by molar-refractivity contribution is -0.139. The van der Waals surface area contributed by atoms with E-state index in [0.717, 1.165) is 12.8 Å². The molecule has 0 aromatic heterocycles. The van der Waals surface area contributed by atoms with Gasteiger partial charge in [-0.15, -0.1) is 0 Å². The van der Waals surface area contributed by atoms with Crippen molar-refractivity contribution < 1.29 is 19.4 Å². The summed E-state index contributed by atoms with van der Waals surface area (Å²) in [5.41, 5.74) is 0.173. The predicted octanol–water partition coefficient (Wildman–Crippen LogP) is 1.68. The monoisotopic (exact) mass is 292 g/mol. The molecule has 1 aliphatic heterocycles. The lowest BCUT2D eigenvalue weighted by atomic mass is 10.0. The number of carboxylic acids is 1. The van der Waals surface area contributed by atoms with Crippen LogP contribution < -0.4 is 10.6 Å². The normalized spacial score (nSPS) is 22.5. The molecule has 3 N–H and O–H groups in total. The fourth-order valence-electron chi connectivity index (χ4n) is 2.36. The van der Waals surface area contributed by atoms with Gasteiger partial charge in [0.2, 0.25) is 0 Å². The molecule has 0 spiro atoms. The standard InChI is InChI=1S/C15H20N2O4/c1-15(8-5-9-21-15)10-16-14(20)17-12(13(18)19)11-6-3-2-4-7-11/h2-4,6-7,12H,5,8-10H2,1H3,(H,18,19)(H2,16,17,20)/t12-,15?/m0/s1. The topological polar surface area (TPSA) is 87.7 Å². The molecule has 0 aliphatic carbocycles. The second kappa shape index (κ2) is 6.58. The first-order valence-electron chi connectivity index (χ1n) is 6.96. The third-order valence-electron chi connectivity index (χ3n) is 3.58. The Balaban J connectivity index is 1.91. The summed E-state index contributed by atoms with van der Waals surface area (Å²) in [5, 5.41) is 14.4. The van der Waals surface area contributed by atoms with Crippen LogP contribution in [0.25, 0.3) is 0 Å². The molecule has 1 aromatic carbocycles. The number of amides is 2. The van der Waals surface area contributed by atoms with Gasteiger partial charge in [0.15, 0.2) is 6.04 Å². The Bertz CT molecular complexity index is 498. The van der Waals surface area contributed by atoms with E-state index in [2.05, 4.69) is 10.6 Å². The lowest BCUT2D eigenvalue weighted by Gasteiger charge is -2.24. The number of hydrogen-bond donors (Lipinski definition) is 3. The second-order valence-corrected chi connectivity index (χ2v) is 5.41. The first-order chi connectivity index (χ1) is 10.0. The summed E-state index contributed by atoms with van der Waals surface area (Å²) >= 11 is 0. The fraction of sp³-hybridized carbons (Fsp3) is 0.467.